The lowest BCUT2D eigenvalue weighted by Crippen LogP contribution is -2.56. The normalized spacial score (nSPS) is 20.3. The number of carbonyl (C=O) groups is 3. The number of nitrogens with one attached hydrogen (secondary N) is 2. The van der Waals surface area contributed by atoms with Crippen molar-refractivity contribution < 1.29 is 19.1 Å². The highest BCUT2D eigenvalue weighted by molar-refractivity contribution is 6.10. The Morgan fingerprint density at radius 2 is 2.14 bits per heavy atom. The molecule has 8 heteroatoms. The van der Waals surface area contributed by atoms with Crippen molar-refractivity contribution >= 4 is 17.8 Å². The van der Waals surface area contributed by atoms with Gasteiger partial charge in [-0.1, -0.05) is 17.9 Å². The van der Waals surface area contributed by atoms with Crippen molar-refractivity contribution in [1.29, 1.82) is 0 Å². The van der Waals surface area contributed by atoms with E-state index in [1.165, 1.54) is 12.0 Å². The molecular weight excluding hydrogens is 372 g/mol. The van der Waals surface area contributed by atoms with E-state index in [2.05, 4.69) is 27.5 Å². The van der Waals surface area contributed by atoms with E-state index in [0.29, 0.717) is 29.8 Å². The molecule has 146 valence electrons. The van der Waals surface area contributed by atoms with E-state index in [9.17, 15) is 14.4 Å². The van der Waals surface area contributed by atoms with Crippen LogP contribution in [-0.4, -0.2) is 53.5 Å². The molecule has 0 spiro atoms. The van der Waals surface area contributed by atoms with E-state index in [-0.39, 0.29) is 12.5 Å². The number of nitrogens with zero attached hydrogens (tertiary/aromatic N) is 2. The summed E-state index contributed by atoms with van der Waals surface area (Å²) >= 11 is 0. The quantitative estimate of drug-likeness (QED) is 0.594. The topological polar surface area (TPSA) is 101 Å². The standard InChI is InChI=1S/C21H18N4O4/c1-29-16-5-4-15-7-10-25(18(26)17(15)11-16)13-21(19(27)23-20(28)24-21)8-6-14-3-2-9-22-12-14/h2-5,9,11-12H,7,10,13H2,1H3,(H2,23,24,27,28). The monoisotopic (exact) mass is 390 g/mol. The third-order valence-corrected chi connectivity index (χ3v) is 4.94. The Bertz CT molecular complexity index is 1060. The minimum absolute atomic E-state index is 0.0622. The van der Waals surface area contributed by atoms with Crippen molar-refractivity contribution in [3.63, 3.8) is 0 Å². The highest BCUT2D eigenvalue weighted by Gasteiger charge is 2.47. The zero-order chi connectivity index (χ0) is 20.4. The van der Waals surface area contributed by atoms with Gasteiger partial charge in [0.1, 0.15) is 5.75 Å². The van der Waals surface area contributed by atoms with Crippen molar-refractivity contribution in [3.05, 3.63) is 59.4 Å². The first-order valence-corrected chi connectivity index (χ1v) is 9.04. The van der Waals surface area contributed by atoms with Crippen LogP contribution in [0.1, 0.15) is 21.5 Å². The summed E-state index contributed by atoms with van der Waals surface area (Å²) in [5.74, 6) is 5.49. The van der Waals surface area contributed by atoms with E-state index in [1.54, 1.807) is 30.6 Å². The van der Waals surface area contributed by atoms with Gasteiger partial charge in [0.15, 0.2) is 0 Å². The third kappa shape index (κ3) is 3.50. The van der Waals surface area contributed by atoms with Crippen LogP contribution in [0.25, 0.3) is 0 Å². The molecule has 8 nitrogen and oxygen atoms in total. The van der Waals surface area contributed by atoms with Crippen LogP contribution in [0.5, 0.6) is 5.75 Å². The molecule has 4 rings (SSSR count). The van der Waals surface area contributed by atoms with Crippen LogP contribution in [-0.2, 0) is 11.2 Å². The Morgan fingerprint density at radius 3 is 2.83 bits per heavy atom. The lowest BCUT2D eigenvalue weighted by Gasteiger charge is -2.33. The van der Waals surface area contributed by atoms with Crippen molar-refractivity contribution in [2.75, 3.05) is 20.2 Å². The van der Waals surface area contributed by atoms with Crippen molar-refractivity contribution in [3.8, 4) is 17.6 Å². The lowest BCUT2D eigenvalue weighted by atomic mass is 9.94. The molecule has 1 aromatic carbocycles. The number of hydrogen-bond acceptors (Lipinski definition) is 5. The minimum Gasteiger partial charge on any atom is -0.497 e. The number of carbonyl (C=O) groups excluding carboxylic acids is 3. The molecule has 0 aliphatic carbocycles. The Balaban J connectivity index is 1.65. The molecule has 1 saturated heterocycles. The number of pyridine rings is 1. The molecule has 0 saturated carbocycles. The SMILES string of the molecule is COc1ccc2c(c1)C(=O)N(CC1(C#Cc3cccnc3)NC(=O)NC1=O)CC2. The van der Waals surface area contributed by atoms with Crippen LogP contribution in [0.3, 0.4) is 0 Å². The molecule has 4 amide bonds. The molecule has 1 aromatic heterocycles. The summed E-state index contributed by atoms with van der Waals surface area (Å²) in [5.41, 5.74) is 0.512. The number of imide groups is 1. The van der Waals surface area contributed by atoms with Gasteiger partial charge in [0.25, 0.3) is 11.8 Å². The van der Waals surface area contributed by atoms with Crippen LogP contribution in [0.2, 0.25) is 0 Å². The molecule has 3 heterocycles. The predicted molar refractivity (Wildman–Crippen MR) is 103 cm³/mol. The second kappa shape index (κ2) is 7.28. The molecule has 2 aromatic rings. The molecule has 0 radical (unpaired) electrons. The van der Waals surface area contributed by atoms with Gasteiger partial charge < -0.3 is 15.0 Å². The van der Waals surface area contributed by atoms with E-state index in [0.717, 1.165) is 5.56 Å². The summed E-state index contributed by atoms with van der Waals surface area (Å²) in [6.07, 6.45) is 3.81. The average molecular weight is 390 g/mol. The zero-order valence-electron chi connectivity index (χ0n) is 15.7. The van der Waals surface area contributed by atoms with Gasteiger partial charge in [-0.25, -0.2) is 4.79 Å². The largest absolute Gasteiger partial charge is 0.497 e. The smallest absolute Gasteiger partial charge is 0.323 e. The molecule has 29 heavy (non-hydrogen) atoms. The number of ether oxygens (including phenoxy) is 1. The number of methoxy groups -OCH3 is 1. The number of aromatic nitrogens is 1. The molecule has 0 bridgehead atoms. The predicted octanol–water partition coefficient (Wildman–Crippen LogP) is 0.718. The van der Waals surface area contributed by atoms with Gasteiger partial charge in [-0.05, 0) is 36.2 Å². The maximum atomic E-state index is 13.0. The van der Waals surface area contributed by atoms with Crippen molar-refractivity contribution in [2.24, 2.45) is 0 Å². The van der Waals surface area contributed by atoms with Crippen LogP contribution >= 0.6 is 0 Å². The molecule has 2 aliphatic heterocycles. The first kappa shape index (κ1) is 18.5. The number of fused-ring (bicyclic) bond motifs is 1. The fraction of sp³-hybridized carbons (Fsp3) is 0.238. The van der Waals surface area contributed by atoms with Crippen molar-refractivity contribution in [1.82, 2.24) is 20.5 Å². The Hall–Kier alpha value is -3.86. The third-order valence-electron chi connectivity index (χ3n) is 4.94. The summed E-state index contributed by atoms with van der Waals surface area (Å²) < 4.78 is 5.22. The Labute approximate surface area is 167 Å². The molecule has 1 atom stereocenters. The second-order valence-electron chi connectivity index (χ2n) is 6.81. The Kier molecular flexibility index (Phi) is 4.64. The summed E-state index contributed by atoms with van der Waals surface area (Å²) in [7, 11) is 1.54. The second-order valence-corrected chi connectivity index (χ2v) is 6.81. The highest BCUT2D eigenvalue weighted by atomic mass is 16.5. The first-order chi connectivity index (χ1) is 14.0. The van der Waals surface area contributed by atoms with E-state index in [1.807, 2.05) is 12.1 Å². The molecule has 1 unspecified atom stereocenters. The Morgan fingerprint density at radius 1 is 1.28 bits per heavy atom. The highest BCUT2D eigenvalue weighted by Crippen LogP contribution is 2.25. The maximum absolute atomic E-state index is 13.0. The fourth-order valence-electron chi connectivity index (χ4n) is 3.41. The summed E-state index contributed by atoms with van der Waals surface area (Å²) in [4.78, 5) is 43.0. The fourth-order valence-corrected chi connectivity index (χ4v) is 3.41. The van der Waals surface area contributed by atoms with Gasteiger partial charge in [0.2, 0.25) is 5.54 Å². The minimum atomic E-state index is -1.53. The number of rotatable bonds is 3. The van der Waals surface area contributed by atoms with Gasteiger partial charge >= 0.3 is 6.03 Å². The van der Waals surface area contributed by atoms with E-state index in [4.69, 9.17) is 4.74 Å². The van der Waals surface area contributed by atoms with E-state index < -0.39 is 17.5 Å². The van der Waals surface area contributed by atoms with Crippen LogP contribution in [0.4, 0.5) is 4.79 Å². The number of hydrogen-bond donors (Lipinski definition) is 2. The maximum Gasteiger partial charge on any atom is 0.323 e. The molecule has 1 fully saturated rings. The molecular formula is C21H18N4O4. The number of urea groups is 1. The number of benzene rings is 1. The van der Waals surface area contributed by atoms with Crippen LogP contribution in [0, 0.1) is 11.8 Å². The van der Waals surface area contributed by atoms with Crippen LogP contribution in [0.15, 0.2) is 42.7 Å². The summed E-state index contributed by atoms with van der Waals surface area (Å²) in [6, 6.07) is 8.20. The summed E-state index contributed by atoms with van der Waals surface area (Å²) in [5, 5.41) is 4.81. The van der Waals surface area contributed by atoms with Crippen LogP contribution < -0.4 is 15.4 Å². The number of amides is 4. The van der Waals surface area contributed by atoms with Gasteiger partial charge in [-0.15, -0.1) is 0 Å². The van der Waals surface area contributed by atoms with Gasteiger partial charge in [-0.3, -0.25) is 19.9 Å². The van der Waals surface area contributed by atoms with Gasteiger partial charge in [-0.2, -0.15) is 0 Å². The molecule has 2 aliphatic rings. The lowest BCUT2D eigenvalue weighted by molar-refractivity contribution is -0.122. The van der Waals surface area contributed by atoms with Crippen molar-refractivity contribution in [2.45, 2.75) is 12.0 Å². The average Bonchev–Trinajstić information content (AvgIpc) is 3.02. The van der Waals surface area contributed by atoms with E-state index >= 15 is 0 Å². The van der Waals surface area contributed by atoms with Gasteiger partial charge in [0, 0.05) is 30.1 Å². The van der Waals surface area contributed by atoms with Gasteiger partial charge in [0.05, 0.1) is 13.7 Å². The first-order valence-electron chi connectivity index (χ1n) is 9.04. The zero-order valence-corrected chi connectivity index (χ0v) is 15.7. The summed E-state index contributed by atoms with van der Waals surface area (Å²) in [6.45, 7) is 0.352. The molecule has 2 N–H and O–H groups in total.